The van der Waals surface area contributed by atoms with Crippen molar-refractivity contribution >= 4 is 0 Å². The van der Waals surface area contributed by atoms with Crippen LogP contribution in [0, 0.1) is 35.5 Å². The number of hydrogen-bond acceptors (Lipinski definition) is 12. The number of aromatic hydroxyl groups is 6. The second-order valence-corrected chi connectivity index (χ2v) is 43.7. The van der Waals surface area contributed by atoms with Crippen LogP contribution in [0.3, 0.4) is 0 Å². The van der Waals surface area contributed by atoms with Gasteiger partial charge in [-0.05, 0) is 383 Å². The van der Waals surface area contributed by atoms with Gasteiger partial charge in [0.2, 0.25) is 0 Å². The Morgan fingerprint density at radius 1 is 0.250 bits per heavy atom. The highest BCUT2D eigenvalue weighted by molar-refractivity contribution is 5.60. The van der Waals surface area contributed by atoms with Crippen LogP contribution in [0.5, 0.6) is 69.0 Å². The van der Waals surface area contributed by atoms with Crippen LogP contribution in [0.1, 0.15) is 470 Å². The first-order valence-electron chi connectivity index (χ1n) is 66.2. The van der Waals surface area contributed by atoms with Crippen LogP contribution in [0.15, 0.2) is 173 Å². The summed E-state index contributed by atoms with van der Waals surface area (Å²) in [6.07, 6.45) is 39.2. The Kier molecular flexibility index (Phi) is 24.4. The third-order valence-electron chi connectivity index (χ3n) is 31.7. The van der Waals surface area contributed by atoms with E-state index in [0.29, 0.717) is 95.9 Å². The second-order valence-electron chi connectivity index (χ2n) is 43.7. The average Bonchev–Trinajstić information content (AvgIpc) is 0.695. The molecule has 0 saturated carbocycles. The highest BCUT2D eigenvalue weighted by atomic mass is 16.5. The fourth-order valence-corrected chi connectivity index (χ4v) is 24.2. The maximum Gasteiger partial charge on any atom is 0.127 e. The predicted octanol–water partition coefficient (Wildman–Crippen LogP) is 34.1. The highest BCUT2D eigenvalue weighted by Gasteiger charge is 2.52. The van der Waals surface area contributed by atoms with Crippen molar-refractivity contribution in [2.24, 2.45) is 35.5 Å². The number of ether oxygens (including phenoxy) is 6. The van der Waals surface area contributed by atoms with Gasteiger partial charge in [0, 0.05) is 141 Å². The highest BCUT2D eigenvalue weighted by Crippen LogP contribution is 2.61. The van der Waals surface area contributed by atoms with Crippen LogP contribution in [-0.2, 0) is 44.9 Å². The molecule has 6 heterocycles. The second kappa shape index (κ2) is 45.3. The van der Waals surface area contributed by atoms with Crippen LogP contribution in [0.25, 0.3) is 0 Å². The molecule has 19 rings (SSSR count). The maximum absolute atomic E-state index is 10.9. The summed E-state index contributed by atoms with van der Waals surface area (Å²) in [6.45, 7) is 5.65. The van der Waals surface area contributed by atoms with Crippen LogP contribution < -0.4 is 28.4 Å². The van der Waals surface area contributed by atoms with Crippen molar-refractivity contribution in [2.45, 2.75) is 440 Å². The Bertz CT molecular complexity index is 6740. The van der Waals surface area contributed by atoms with Gasteiger partial charge in [-0.25, -0.2) is 0 Å². The average molecular weight is 1930 g/mol. The number of phenolic OH excluding ortho intramolecular Hbond substituents is 6. The molecule has 6 aliphatic carbocycles. The summed E-state index contributed by atoms with van der Waals surface area (Å²) in [7, 11) is 0. The Morgan fingerprint density at radius 3 is 0.771 bits per heavy atom. The fourth-order valence-electron chi connectivity index (χ4n) is 24.2. The van der Waals surface area contributed by atoms with Gasteiger partial charge >= 0.3 is 0 Å². The van der Waals surface area contributed by atoms with Crippen LogP contribution in [-0.4, -0.2) is 64.2 Å². The summed E-state index contributed by atoms with van der Waals surface area (Å²) < 4.78 is 253. The summed E-state index contributed by atoms with van der Waals surface area (Å²) in [5.74, 6) is -0.182. The Morgan fingerprint density at radius 2 is 0.479 bits per heavy atom. The molecule has 760 valence electrons. The van der Waals surface area contributed by atoms with E-state index in [0.717, 1.165) is 165 Å². The molecule has 0 amide bonds. The number of allylic oxidation sites excluding steroid dienone is 12. The monoisotopic (exact) mass is 1930 g/mol. The van der Waals surface area contributed by atoms with Crippen LogP contribution >= 0.6 is 0 Å². The standard InChI is InChI=1S/C24H28O2.C23H34O2.2C21H30O2.C20H28O2.C19H26O2/c1-16-9-12-20-19(13-16)23-21(25)14-18(15-22(23)26-24(20,2)3)11-10-17-7-5-4-6-8-17;1-5-6-7-8-9-10-17-14-20(24)22-18-13-16(2)11-12-19(18)23(3,4)25-21(22)15-17;2*1-5-6-7-8-15-12-18(22)20-16-11-14(2)9-10-17(16)21(3,4)23-19(20)13-15;1-5-6-7-14-11-17(21)19-15-10-13(2)8-9-16(15)20(3,4)22-18(19)12-14;1-5-6-13-10-16(20)18-14-9-12(2)7-8-15(14)19(3,4)21-17(18)11-13/h4-8,13-15,19-20,25H,9-12H2,1-3H3;13-15,18-19,24H,5-12H2,1-4H3;2*11-13,16-17,22H,5-10H2,1-4H3;10-12,15-16,21H,5-9H2,1-4H3;9-11,14-15,20H,5-8H2,1-4H3/i2*2D3;2D3,3D3,4D3;2+1;3D3,4D3;2D3,3D3. The van der Waals surface area contributed by atoms with Crippen molar-refractivity contribution in [1.29, 1.82) is 0 Å². The van der Waals surface area contributed by atoms with Crippen molar-refractivity contribution < 1.29 is 96.1 Å². The van der Waals surface area contributed by atoms with Crippen molar-refractivity contribution in [2.75, 3.05) is 0 Å². The lowest BCUT2D eigenvalue weighted by atomic mass is 9.68. The lowest BCUT2D eigenvalue weighted by Gasteiger charge is -2.46. The molecule has 12 heteroatoms. The molecule has 6 N–H and O–H groups in total. The largest absolute Gasteiger partial charge is 0.507 e. The number of unbranched alkanes of at least 4 members (excludes halogenated alkanes) is 9. The molecule has 0 spiro atoms. The SMILES string of the molecule is CCCCCc1cc(O)c2c(c1)OC(C)(C)C1CCC([13CH3])=CC21.[2H]C([2H])([2H])C1(C([2H])([2H])[2H])Oc2cc(CCCC)cc(O)c2C2C=C(C)CCC21.[2H]C([2H])([2H])C1(C)Oc2cc(CCc3ccccc3)cc(O)c2C2C=C(C)CCC21.[2H]C([2H])([2H])C1=CC2c3c(O)cc(CCC)cc3OC(C)(C([2H])([2H])[2H])C2CC1.[2H]C([2H])([2H])C1=CC2c3c(O)cc(CCCCC)cc3OC(C([2H])([2H])[2H])(C([2H])([2H])[2H])C2CC1.[2H]C([2H])([2H])C1=CC2c3c(O)cc(CCCCCCC)cc3OC(C)(C)C2CC1. The van der Waals surface area contributed by atoms with Crippen LogP contribution in [0.4, 0.5) is 0 Å². The molecule has 0 radical (unpaired) electrons. The van der Waals surface area contributed by atoms with Gasteiger partial charge in [-0.3, -0.25) is 0 Å². The van der Waals surface area contributed by atoms with E-state index >= 15 is 0 Å². The van der Waals surface area contributed by atoms with Crippen molar-refractivity contribution in [1.82, 2.24) is 0 Å². The van der Waals surface area contributed by atoms with Gasteiger partial charge in [0.25, 0.3) is 0 Å². The maximum atomic E-state index is 10.9. The first-order chi connectivity index (χ1) is 77.7. The molecule has 0 aromatic heterocycles. The molecule has 6 aliphatic heterocycles. The van der Waals surface area contributed by atoms with E-state index in [1.165, 1.54) is 73.3 Å². The number of phenols is 6. The Hall–Kier alpha value is -9.42. The van der Waals surface area contributed by atoms with E-state index in [1.807, 2.05) is 68.5 Å². The summed E-state index contributed by atoms with van der Waals surface area (Å²) in [5.41, 5.74) is 7.26. The van der Waals surface area contributed by atoms with Crippen molar-refractivity contribution in [3.8, 4) is 69.0 Å². The van der Waals surface area contributed by atoms with Gasteiger partial charge in [0.15, 0.2) is 0 Å². The van der Waals surface area contributed by atoms with E-state index in [1.54, 1.807) is 56.3 Å². The molecule has 0 bridgehead atoms. The van der Waals surface area contributed by atoms with Crippen LogP contribution in [0.2, 0.25) is 0 Å². The first kappa shape index (κ1) is 75.4. The summed E-state index contributed by atoms with van der Waals surface area (Å²) >= 11 is 0. The van der Waals surface area contributed by atoms with Gasteiger partial charge in [0.05, 0.1) is 0 Å². The minimum atomic E-state index is -3.00. The van der Waals surface area contributed by atoms with Crippen molar-refractivity contribution in [3.05, 3.63) is 245 Å². The van der Waals surface area contributed by atoms with Gasteiger partial charge in [-0.15, -0.1) is 0 Å². The molecule has 14 unspecified atom stereocenters. The molecule has 0 fully saturated rings. The predicted molar refractivity (Wildman–Crippen MR) is 578 cm³/mol. The summed E-state index contributed by atoms with van der Waals surface area (Å²) in [5, 5.41) is 64.7. The lowest BCUT2D eigenvalue weighted by Crippen LogP contribution is -2.45. The smallest absolute Gasteiger partial charge is 0.127 e. The van der Waals surface area contributed by atoms with E-state index in [9.17, 15) is 30.6 Å². The topological polar surface area (TPSA) is 177 Å². The molecule has 7 aromatic rings. The van der Waals surface area contributed by atoms with Gasteiger partial charge in [-0.1, -0.05) is 199 Å². The molecule has 0 saturated heterocycles. The van der Waals surface area contributed by atoms with E-state index in [4.69, 9.17) is 65.4 Å². The minimum absolute atomic E-state index is 0.00744. The zero-order valence-corrected chi connectivity index (χ0v) is 85.7. The lowest BCUT2D eigenvalue weighted by molar-refractivity contribution is 0.0104. The molecule has 7 aromatic carbocycles. The van der Waals surface area contributed by atoms with E-state index < -0.39 is 120 Å². The van der Waals surface area contributed by atoms with Gasteiger partial charge in [0.1, 0.15) is 103 Å². The van der Waals surface area contributed by atoms with E-state index in [-0.39, 0.29) is 105 Å². The normalized spacial score (nSPS) is 29.9. The Labute approximate surface area is 881 Å². The number of fused-ring (bicyclic) bond motifs is 18. The summed E-state index contributed by atoms with van der Waals surface area (Å²) in [6, 6.07) is 32.1. The third kappa shape index (κ3) is 24.6. The van der Waals surface area contributed by atoms with Gasteiger partial charge in [-0.2, -0.15) is 0 Å². The quantitative estimate of drug-likeness (QED) is 0.0215. The fraction of sp³-hybridized carbons (Fsp3) is 0.578. The number of aryl methyl sites for hydroxylation is 7. The number of benzene rings is 7. The van der Waals surface area contributed by atoms with E-state index in [2.05, 4.69) is 106 Å². The third-order valence-corrected chi connectivity index (χ3v) is 31.7. The molecular formula is C128H176O12. The molecule has 12 nitrogen and oxygen atoms in total. The zero-order chi connectivity index (χ0) is 123. The zero-order valence-electron chi connectivity index (χ0n) is 113. The molecular weight excluding hydrogens is 1730 g/mol. The number of rotatable bonds is 22. The molecule has 12 aliphatic rings. The summed E-state index contributed by atoms with van der Waals surface area (Å²) in [4.78, 5) is 0. The van der Waals surface area contributed by atoms with Crippen molar-refractivity contribution in [3.63, 3.8) is 0 Å². The number of hydrogen-bond donors (Lipinski definition) is 6. The molecule has 140 heavy (non-hydrogen) atoms. The minimum Gasteiger partial charge on any atom is -0.507 e. The molecule has 14 atom stereocenters. The van der Waals surface area contributed by atoms with Gasteiger partial charge < -0.3 is 59.1 Å². The first-order valence-corrected chi connectivity index (χ1v) is 52.7. The Balaban J connectivity index is 0.000000156.